The SMILES string of the molecule is Cn1cc(CCC(=O)N2CCSC[C@@H]2c2ccc(Cl)cc2)cn1. The maximum absolute atomic E-state index is 12.7. The Hall–Kier alpha value is -1.46. The zero-order valence-corrected chi connectivity index (χ0v) is 14.7. The first kappa shape index (κ1) is 16.4. The minimum absolute atomic E-state index is 0.146. The smallest absolute Gasteiger partial charge is 0.223 e. The van der Waals surface area contributed by atoms with Crippen LogP contribution in [0.5, 0.6) is 0 Å². The number of halogens is 1. The zero-order valence-electron chi connectivity index (χ0n) is 13.1. The second-order valence-electron chi connectivity index (χ2n) is 5.75. The Kier molecular flexibility index (Phi) is 5.28. The molecule has 1 aromatic carbocycles. The lowest BCUT2D eigenvalue weighted by atomic mass is 10.1. The van der Waals surface area contributed by atoms with Gasteiger partial charge in [-0.2, -0.15) is 16.9 Å². The second-order valence-corrected chi connectivity index (χ2v) is 7.34. The van der Waals surface area contributed by atoms with Gasteiger partial charge in [0.25, 0.3) is 0 Å². The Morgan fingerprint density at radius 3 is 2.87 bits per heavy atom. The molecule has 1 aliphatic heterocycles. The van der Waals surface area contributed by atoms with Gasteiger partial charge in [0.1, 0.15) is 0 Å². The number of nitrogens with zero attached hydrogens (tertiary/aromatic N) is 3. The molecule has 1 aliphatic rings. The van der Waals surface area contributed by atoms with E-state index in [0.717, 1.165) is 40.6 Å². The summed E-state index contributed by atoms with van der Waals surface area (Å²) >= 11 is 7.88. The lowest BCUT2D eigenvalue weighted by molar-refractivity contribution is -0.133. The highest BCUT2D eigenvalue weighted by molar-refractivity contribution is 7.99. The lowest BCUT2D eigenvalue weighted by Gasteiger charge is -2.36. The van der Waals surface area contributed by atoms with Crippen molar-refractivity contribution in [1.29, 1.82) is 0 Å². The molecule has 0 aliphatic carbocycles. The average molecular weight is 350 g/mol. The average Bonchev–Trinajstić information content (AvgIpc) is 2.99. The Bertz CT molecular complexity index is 671. The van der Waals surface area contributed by atoms with Gasteiger partial charge in [-0.05, 0) is 29.7 Å². The number of thioether (sulfide) groups is 1. The predicted molar refractivity (Wildman–Crippen MR) is 94.8 cm³/mol. The van der Waals surface area contributed by atoms with Crippen LogP contribution in [0.3, 0.4) is 0 Å². The molecule has 23 heavy (non-hydrogen) atoms. The summed E-state index contributed by atoms with van der Waals surface area (Å²) in [6.45, 7) is 0.809. The maximum atomic E-state index is 12.7. The normalized spacial score (nSPS) is 18.2. The number of aromatic nitrogens is 2. The largest absolute Gasteiger partial charge is 0.334 e. The van der Waals surface area contributed by atoms with Gasteiger partial charge in [0, 0.05) is 42.7 Å². The van der Waals surface area contributed by atoms with Crippen molar-refractivity contribution in [2.75, 3.05) is 18.1 Å². The zero-order chi connectivity index (χ0) is 16.2. The van der Waals surface area contributed by atoms with E-state index in [0.29, 0.717) is 6.42 Å². The third kappa shape index (κ3) is 4.09. The van der Waals surface area contributed by atoms with Gasteiger partial charge in [0.15, 0.2) is 0 Å². The lowest BCUT2D eigenvalue weighted by Crippen LogP contribution is -2.40. The summed E-state index contributed by atoms with van der Waals surface area (Å²) in [5.74, 6) is 2.16. The van der Waals surface area contributed by atoms with Crippen LogP contribution in [-0.2, 0) is 18.3 Å². The van der Waals surface area contributed by atoms with E-state index in [1.165, 1.54) is 0 Å². The fraction of sp³-hybridized carbons (Fsp3) is 0.412. The summed E-state index contributed by atoms with van der Waals surface area (Å²) in [5.41, 5.74) is 2.27. The maximum Gasteiger partial charge on any atom is 0.223 e. The van der Waals surface area contributed by atoms with Crippen LogP contribution in [0.15, 0.2) is 36.7 Å². The van der Waals surface area contributed by atoms with Gasteiger partial charge < -0.3 is 4.90 Å². The summed E-state index contributed by atoms with van der Waals surface area (Å²) in [4.78, 5) is 14.7. The van der Waals surface area contributed by atoms with E-state index in [-0.39, 0.29) is 11.9 Å². The molecule has 0 radical (unpaired) electrons. The van der Waals surface area contributed by atoms with Crippen LogP contribution in [0.2, 0.25) is 5.02 Å². The van der Waals surface area contributed by atoms with Crippen LogP contribution in [0, 0.1) is 0 Å². The van der Waals surface area contributed by atoms with Crippen LogP contribution in [0.25, 0.3) is 0 Å². The summed E-state index contributed by atoms with van der Waals surface area (Å²) < 4.78 is 1.77. The van der Waals surface area contributed by atoms with Crippen molar-refractivity contribution in [1.82, 2.24) is 14.7 Å². The summed E-state index contributed by atoms with van der Waals surface area (Å²) in [6, 6.07) is 8.00. The van der Waals surface area contributed by atoms with Crippen molar-refractivity contribution in [2.45, 2.75) is 18.9 Å². The Morgan fingerprint density at radius 1 is 1.39 bits per heavy atom. The van der Waals surface area contributed by atoms with E-state index < -0.39 is 0 Å². The molecule has 122 valence electrons. The first-order chi connectivity index (χ1) is 11.1. The highest BCUT2D eigenvalue weighted by Gasteiger charge is 2.27. The molecule has 3 rings (SSSR count). The second kappa shape index (κ2) is 7.41. The van der Waals surface area contributed by atoms with Gasteiger partial charge in [-0.1, -0.05) is 23.7 Å². The molecule has 0 N–H and O–H groups in total. The summed E-state index contributed by atoms with van der Waals surface area (Å²) in [5, 5.41) is 4.88. The van der Waals surface area contributed by atoms with Gasteiger partial charge in [0.2, 0.25) is 5.91 Å². The minimum Gasteiger partial charge on any atom is -0.334 e. The fourth-order valence-electron chi connectivity index (χ4n) is 2.86. The van der Waals surface area contributed by atoms with E-state index in [1.807, 2.05) is 60.4 Å². The Labute approximate surface area is 145 Å². The van der Waals surface area contributed by atoms with Crippen LogP contribution in [0.1, 0.15) is 23.6 Å². The number of carbonyl (C=O) groups excluding carboxylic acids is 1. The van der Waals surface area contributed by atoms with Crippen molar-refractivity contribution < 1.29 is 4.79 Å². The molecule has 1 atom stereocenters. The highest BCUT2D eigenvalue weighted by atomic mass is 35.5. The van der Waals surface area contributed by atoms with Crippen LogP contribution in [-0.4, -0.2) is 38.6 Å². The molecule has 6 heteroatoms. The van der Waals surface area contributed by atoms with Gasteiger partial charge in [0.05, 0.1) is 12.2 Å². The number of hydrogen-bond donors (Lipinski definition) is 0. The van der Waals surface area contributed by atoms with Crippen molar-refractivity contribution >= 4 is 29.3 Å². The molecule has 1 fully saturated rings. The number of amides is 1. The van der Waals surface area contributed by atoms with Crippen molar-refractivity contribution in [3.8, 4) is 0 Å². The van der Waals surface area contributed by atoms with Gasteiger partial charge in [-0.25, -0.2) is 0 Å². The highest BCUT2D eigenvalue weighted by Crippen LogP contribution is 2.30. The molecule has 2 heterocycles. The van der Waals surface area contributed by atoms with E-state index >= 15 is 0 Å². The molecular formula is C17H20ClN3OS. The number of hydrogen-bond acceptors (Lipinski definition) is 3. The van der Waals surface area contributed by atoms with Gasteiger partial charge >= 0.3 is 0 Å². The van der Waals surface area contributed by atoms with Crippen molar-refractivity contribution in [3.63, 3.8) is 0 Å². The molecule has 0 saturated carbocycles. The molecule has 2 aromatic rings. The van der Waals surface area contributed by atoms with E-state index in [4.69, 9.17) is 11.6 Å². The fourth-order valence-corrected chi connectivity index (χ4v) is 4.07. The van der Waals surface area contributed by atoms with E-state index in [2.05, 4.69) is 5.10 Å². The molecule has 0 spiro atoms. The number of rotatable bonds is 4. The molecule has 0 bridgehead atoms. The topological polar surface area (TPSA) is 38.1 Å². The number of aryl methyl sites for hydroxylation is 2. The minimum atomic E-state index is 0.146. The molecular weight excluding hydrogens is 330 g/mol. The molecule has 0 unspecified atom stereocenters. The van der Waals surface area contributed by atoms with Crippen LogP contribution >= 0.6 is 23.4 Å². The first-order valence-corrected chi connectivity index (χ1v) is 9.27. The molecule has 1 aromatic heterocycles. The van der Waals surface area contributed by atoms with E-state index in [9.17, 15) is 4.79 Å². The van der Waals surface area contributed by atoms with Gasteiger partial charge in [-0.15, -0.1) is 0 Å². The Balaban J connectivity index is 1.67. The number of carbonyl (C=O) groups is 1. The van der Waals surface area contributed by atoms with Crippen molar-refractivity contribution in [2.24, 2.45) is 7.05 Å². The third-order valence-electron chi connectivity index (χ3n) is 4.09. The van der Waals surface area contributed by atoms with Crippen LogP contribution < -0.4 is 0 Å². The first-order valence-electron chi connectivity index (χ1n) is 7.73. The van der Waals surface area contributed by atoms with Gasteiger partial charge in [-0.3, -0.25) is 9.48 Å². The predicted octanol–water partition coefficient (Wildman–Crippen LogP) is 3.32. The molecule has 1 saturated heterocycles. The van der Waals surface area contributed by atoms with Crippen LogP contribution in [0.4, 0.5) is 0 Å². The quantitative estimate of drug-likeness (QED) is 0.849. The Morgan fingerprint density at radius 2 is 2.17 bits per heavy atom. The molecule has 1 amide bonds. The molecule has 4 nitrogen and oxygen atoms in total. The summed E-state index contributed by atoms with van der Waals surface area (Å²) in [6.07, 6.45) is 5.07. The third-order valence-corrected chi connectivity index (χ3v) is 5.36. The number of benzene rings is 1. The monoisotopic (exact) mass is 349 g/mol. The standard InChI is InChI=1S/C17H20ClN3OS/c1-20-11-13(10-19-20)2-7-17(22)21-8-9-23-12-16(21)14-3-5-15(18)6-4-14/h3-6,10-11,16H,2,7-9,12H2,1H3/t16-/m1/s1. The van der Waals surface area contributed by atoms with Crippen molar-refractivity contribution in [3.05, 3.63) is 52.8 Å². The summed E-state index contributed by atoms with van der Waals surface area (Å²) in [7, 11) is 1.89. The van der Waals surface area contributed by atoms with E-state index in [1.54, 1.807) is 4.68 Å².